The number of benzene rings is 2. The molecule has 2 aliphatic heterocycles. The molecule has 0 fully saturated rings. The molecule has 2 aliphatic rings. The molecule has 2 aromatic rings. The number of carbonyl (C=O) groups excluding carboxylic acids is 2. The first-order valence-corrected chi connectivity index (χ1v) is 9.75. The normalized spacial score (nSPS) is 16.7. The van der Waals surface area contributed by atoms with Gasteiger partial charge in [-0.25, -0.2) is 4.79 Å². The Morgan fingerprint density at radius 3 is 2.59 bits per heavy atom. The third kappa shape index (κ3) is 3.53. The van der Waals surface area contributed by atoms with Crippen LogP contribution in [0.3, 0.4) is 0 Å². The van der Waals surface area contributed by atoms with Crippen LogP contribution in [-0.2, 0) is 20.9 Å². The van der Waals surface area contributed by atoms with Gasteiger partial charge in [0.2, 0.25) is 6.79 Å². The summed E-state index contributed by atoms with van der Waals surface area (Å²) in [6, 6.07) is 13.2. The highest BCUT2D eigenvalue weighted by Gasteiger charge is 2.37. The fourth-order valence-corrected chi connectivity index (χ4v) is 3.82. The number of fused-ring (bicyclic) bond motifs is 1. The highest BCUT2D eigenvalue weighted by atomic mass is 79.9. The monoisotopic (exact) mass is 455 g/mol. The minimum Gasteiger partial charge on any atom is -0.465 e. The smallest absolute Gasteiger partial charge is 0.340 e. The van der Waals surface area contributed by atoms with E-state index in [2.05, 4.69) is 15.9 Å². The highest BCUT2D eigenvalue weighted by Crippen LogP contribution is 2.39. The van der Waals surface area contributed by atoms with Crippen LogP contribution in [0.2, 0.25) is 0 Å². The first-order valence-electron chi connectivity index (χ1n) is 8.95. The van der Waals surface area contributed by atoms with Gasteiger partial charge in [-0.2, -0.15) is 0 Å². The van der Waals surface area contributed by atoms with E-state index in [1.54, 1.807) is 30.0 Å². The Bertz CT molecular complexity index is 1060. The summed E-state index contributed by atoms with van der Waals surface area (Å²) in [6.07, 6.45) is 1.68. The highest BCUT2D eigenvalue weighted by molar-refractivity contribution is 9.10. The number of methoxy groups -OCH3 is 1. The van der Waals surface area contributed by atoms with Gasteiger partial charge in [0.25, 0.3) is 5.91 Å². The van der Waals surface area contributed by atoms with Crippen LogP contribution in [0, 0.1) is 0 Å². The van der Waals surface area contributed by atoms with Gasteiger partial charge in [-0.05, 0) is 36.3 Å². The quantitative estimate of drug-likeness (QED) is 0.513. The second-order valence-corrected chi connectivity index (χ2v) is 7.47. The van der Waals surface area contributed by atoms with Crippen LogP contribution in [0.1, 0.15) is 18.1 Å². The van der Waals surface area contributed by atoms with Gasteiger partial charge in [0, 0.05) is 10.2 Å². The fraction of sp³-hybridized carbons (Fsp3) is 0.182. The van der Waals surface area contributed by atoms with Crippen LogP contribution in [-0.4, -0.2) is 30.7 Å². The summed E-state index contributed by atoms with van der Waals surface area (Å²) in [5, 5.41) is 0. The third-order valence-corrected chi connectivity index (χ3v) is 5.56. The van der Waals surface area contributed by atoms with Gasteiger partial charge < -0.3 is 19.1 Å². The number of carbonyl (C=O) groups is 2. The molecule has 1 amide bonds. The Morgan fingerprint density at radius 1 is 1.21 bits per heavy atom. The van der Waals surface area contributed by atoms with Gasteiger partial charge in [-0.15, -0.1) is 0 Å². The number of allylic oxidation sites excluding steroid dienone is 1. The van der Waals surface area contributed by atoms with Gasteiger partial charge >= 0.3 is 5.97 Å². The lowest BCUT2D eigenvalue weighted by molar-refractivity contribution is -0.136. The van der Waals surface area contributed by atoms with Gasteiger partial charge in [0.15, 0.2) is 11.5 Å². The molecule has 2 heterocycles. The van der Waals surface area contributed by atoms with Crippen LogP contribution in [0.15, 0.2) is 63.8 Å². The lowest BCUT2D eigenvalue weighted by atomic mass is 10.0. The first kappa shape index (κ1) is 19.3. The summed E-state index contributed by atoms with van der Waals surface area (Å²) >= 11 is 3.50. The number of rotatable bonds is 4. The predicted molar refractivity (Wildman–Crippen MR) is 110 cm³/mol. The average molecular weight is 456 g/mol. The Balaban J connectivity index is 1.77. The number of amides is 1. The van der Waals surface area contributed by atoms with Crippen LogP contribution < -0.4 is 9.47 Å². The molecule has 0 atom stereocenters. The topological polar surface area (TPSA) is 65.1 Å². The van der Waals surface area contributed by atoms with Crippen molar-refractivity contribution in [1.29, 1.82) is 0 Å². The van der Waals surface area contributed by atoms with Gasteiger partial charge in [-0.3, -0.25) is 4.79 Å². The second kappa shape index (κ2) is 7.75. The number of halogens is 1. The van der Waals surface area contributed by atoms with Gasteiger partial charge in [-0.1, -0.05) is 46.3 Å². The zero-order valence-corrected chi connectivity index (χ0v) is 17.5. The largest absolute Gasteiger partial charge is 0.465 e. The van der Waals surface area contributed by atoms with E-state index in [4.69, 9.17) is 14.2 Å². The minimum absolute atomic E-state index is 0.151. The summed E-state index contributed by atoms with van der Waals surface area (Å²) in [6.45, 7) is 2.27. The van der Waals surface area contributed by atoms with Crippen molar-refractivity contribution in [2.75, 3.05) is 13.9 Å². The Hall–Kier alpha value is -3.06. The number of hydrogen-bond acceptors (Lipinski definition) is 5. The molecule has 0 radical (unpaired) electrons. The van der Waals surface area contributed by atoms with Crippen molar-refractivity contribution < 1.29 is 23.8 Å². The van der Waals surface area contributed by atoms with Crippen LogP contribution in [0.4, 0.5) is 0 Å². The molecule has 0 aliphatic carbocycles. The summed E-state index contributed by atoms with van der Waals surface area (Å²) < 4.78 is 16.5. The maximum absolute atomic E-state index is 13.2. The molecule has 0 saturated heterocycles. The molecular weight excluding hydrogens is 438 g/mol. The number of esters is 1. The van der Waals surface area contributed by atoms with Crippen molar-refractivity contribution in [3.63, 3.8) is 0 Å². The summed E-state index contributed by atoms with van der Waals surface area (Å²) in [7, 11) is 1.31. The molecule has 148 valence electrons. The van der Waals surface area contributed by atoms with E-state index in [0.717, 1.165) is 10.0 Å². The predicted octanol–water partition coefficient (Wildman–Crippen LogP) is 4.05. The fourth-order valence-electron chi connectivity index (χ4n) is 3.38. The molecule has 0 unspecified atom stereocenters. The molecule has 4 rings (SSSR count). The van der Waals surface area contributed by atoms with Crippen LogP contribution in [0.5, 0.6) is 11.5 Å². The van der Waals surface area contributed by atoms with E-state index in [1.165, 1.54) is 7.11 Å². The standard InChI is InChI=1S/C22H18BrNO5/c1-13-20(22(26)27-2)16(21(25)24(13)11-14-6-4-3-5-7-14)8-15-9-18-19(10-17(15)23)29-12-28-18/h3-10H,11-12H2,1-2H3. The van der Waals surface area contributed by atoms with Gasteiger partial charge in [0.05, 0.1) is 24.8 Å². The lowest BCUT2D eigenvalue weighted by Gasteiger charge is -2.17. The van der Waals surface area contributed by atoms with E-state index in [-0.39, 0.29) is 23.8 Å². The Kier molecular flexibility index (Phi) is 5.15. The van der Waals surface area contributed by atoms with Crippen molar-refractivity contribution in [2.45, 2.75) is 13.5 Å². The molecule has 0 N–H and O–H groups in total. The van der Waals surface area contributed by atoms with Crippen LogP contribution in [0.25, 0.3) is 6.08 Å². The van der Waals surface area contributed by atoms with E-state index < -0.39 is 5.97 Å². The molecule has 7 heteroatoms. The van der Waals surface area contributed by atoms with Crippen molar-refractivity contribution >= 4 is 33.9 Å². The van der Waals surface area contributed by atoms with Crippen molar-refractivity contribution in [3.8, 4) is 11.5 Å². The molecule has 29 heavy (non-hydrogen) atoms. The number of nitrogens with zero attached hydrogens (tertiary/aromatic N) is 1. The Morgan fingerprint density at radius 2 is 1.90 bits per heavy atom. The summed E-state index contributed by atoms with van der Waals surface area (Å²) in [4.78, 5) is 27.3. The maximum atomic E-state index is 13.2. The molecule has 2 aromatic carbocycles. The molecule has 0 saturated carbocycles. The Labute approximate surface area is 176 Å². The second-order valence-electron chi connectivity index (χ2n) is 6.61. The number of ether oxygens (including phenoxy) is 3. The van der Waals surface area contributed by atoms with Crippen molar-refractivity contribution in [2.24, 2.45) is 0 Å². The molecule has 6 nitrogen and oxygen atoms in total. The summed E-state index contributed by atoms with van der Waals surface area (Å²) in [5.41, 5.74) is 2.78. The van der Waals surface area contributed by atoms with Crippen LogP contribution >= 0.6 is 15.9 Å². The van der Waals surface area contributed by atoms with Gasteiger partial charge in [0.1, 0.15) is 0 Å². The van der Waals surface area contributed by atoms with E-state index in [0.29, 0.717) is 29.3 Å². The van der Waals surface area contributed by atoms with E-state index >= 15 is 0 Å². The average Bonchev–Trinajstić information content (AvgIpc) is 3.26. The SMILES string of the molecule is COC(=O)C1=C(C)N(Cc2ccccc2)C(=O)C1=Cc1cc2c(cc1Br)OCO2. The molecular formula is C22H18BrNO5. The van der Waals surface area contributed by atoms with E-state index in [9.17, 15) is 9.59 Å². The van der Waals surface area contributed by atoms with E-state index in [1.807, 2.05) is 30.3 Å². The van der Waals surface area contributed by atoms with Crippen molar-refractivity contribution in [1.82, 2.24) is 4.90 Å². The zero-order valence-electron chi connectivity index (χ0n) is 15.9. The third-order valence-electron chi connectivity index (χ3n) is 4.88. The first-order chi connectivity index (χ1) is 14.0. The lowest BCUT2D eigenvalue weighted by Crippen LogP contribution is -2.24. The zero-order chi connectivity index (χ0) is 20.5. The summed E-state index contributed by atoms with van der Waals surface area (Å²) in [5.74, 6) is 0.417. The molecule has 0 spiro atoms. The minimum atomic E-state index is -0.547. The van der Waals surface area contributed by atoms with Crippen molar-refractivity contribution in [3.05, 3.63) is 74.9 Å². The molecule has 0 aromatic heterocycles. The molecule has 0 bridgehead atoms. The maximum Gasteiger partial charge on any atom is 0.340 e. The number of hydrogen-bond donors (Lipinski definition) is 0.